The third-order valence-corrected chi connectivity index (χ3v) is 19.9. The van der Waals surface area contributed by atoms with Crippen molar-refractivity contribution in [1.82, 2.24) is 10.2 Å². The normalized spacial score (nSPS) is 18.1. The molecule has 0 bridgehead atoms. The Kier molecular flexibility index (Phi) is 17.4. The van der Waals surface area contributed by atoms with E-state index in [1.165, 1.54) is 16.7 Å². The maximum Gasteiger partial charge on any atom is 0.260 e. The maximum atomic E-state index is 14.3. The minimum absolute atomic E-state index is 0.0253. The summed E-state index contributed by atoms with van der Waals surface area (Å²) in [4.78, 5) is 88.9. The van der Waals surface area contributed by atoms with Crippen LogP contribution < -0.4 is 49.2 Å². The third kappa shape index (κ3) is 12.4. The number of methoxy groups -OCH3 is 2. The van der Waals surface area contributed by atoms with Gasteiger partial charge in [-0.05, 0) is 111 Å². The van der Waals surface area contributed by atoms with Gasteiger partial charge in [-0.25, -0.2) is 0 Å². The van der Waals surface area contributed by atoms with Gasteiger partial charge >= 0.3 is 0 Å². The number of anilines is 5. The molecular formula is C61H69N7O10S3. The number of para-hydroxylation sites is 2. The van der Waals surface area contributed by atoms with Gasteiger partial charge in [0, 0.05) is 99.2 Å². The zero-order valence-corrected chi connectivity index (χ0v) is 49.3. The largest absolute Gasteiger partial charge is 0.493 e. The molecular weight excluding hydrogens is 1090 g/mol. The van der Waals surface area contributed by atoms with Gasteiger partial charge < -0.3 is 49.2 Å². The van der Waals surface area contributed by atoms with Gasteiger partial charge in [0.15, 0.2) is 23.0 Å². The van der Waals surface area contributed by atoms with E-state index in [1.54, 1.807) is 47.9 Å². The number of nitrogens with one attached hydrogen (secondary N) is 2. The molecule has 10 rings (SSSR count). The Hall–Kier alpha value is -7.03. The molecule has 17 nitrogen and oxygen atoms in total. The van der Waals surface area contributed by atoms with Crippen LogP contribution in [0.5, 0.6) is 23.0 Å². The van der Waals surface area contributed by atoms with Crippen LogP contribution in [0.25, 0.3) is 0 Å². The van der Waals surface area contributed by atoms with Gasteiger partial charge in [0.2, 0.25) is 23.6 Å². The lowest BCUT2D eigenvalue weighted by atomic mass is 10.1. The summed E-state index contributed by atoms with van der Waals surface area (Å²) in [6.07, 6.45) is 5.36. The fraction of sp³-hybridized carbons (Fsp3) is 0.410. The Bertz CT molecular complexity index is 3110. The van der Waals surface area contributed by atoms with E-state index in [2.05, 4.69) is 46.4 Å². The van der Waals surface area contributed by atoms with Gasteiger partial charge in [0.25, 0.3) is 11.8 Å². The van der Waals surface area contributed by atoms with E-state index in [0.717, 1.165) is 63.6 Å². The highest BCUT2D eigenvalue weighted by Crippen LogP contribution is 2.45. The number of rotatable bonds is 22. The monoisotopic (exact) mass is 1160 g/mol. The van der Waals surface area contributed by atoms with E-state index in [9.17, 15) is 28.8 Å². The lowest BCUT2D eigenvalue weighted by molar-refractivity contribution is -0.138. The number of hydrogen-bond donors (Lipinski definition) is 2. The topological polar surface area (TPSA) is 180 Å². The van der Waals surface area contributed by atoms with Crippen LogP contribution in [0.1, 0.15) is 88.9 Å². The summed E-state index contributed by atoms with van der Waals surface area (Å²) in [7, 11) is 10.4. The minimum Gasteiger partial charge on any atom is -0.493 e. The zero-order valence-electron chi connectivity index (χ0n) is 46.8. The molecule has 5 aliphatic rings. The van der Waals surface area contributed by atoms with E-state index in [-0.39, 0.29) is 96.7 Å². The van der Waals surface area contributed by atoms with Gasteiger partial charge in [-0.1, -0.05) is 58.0 Å². The number of likely N-dealkylation sites (N-methyl/N-ethyl adjacent to an activating group) is 2. The van der Waals surface area contributed by atoms with Crippen LogP contribution in [0.4, 0.5) is 28.4 Å². The second kappa shape index (κ2) is 24.6. The number of hydrogen-bond acceptors (Lipinski definition) is 15. The molecule has 0 radical (unpaired) electrons. The number of amides is 6. The van der Waals surface area contributed by atoms with Crippen molar-refractivity contribution in [3.8, 4) is 23.0 Å². The molecule has 0 aromatic heterocycles. The van der Waals surface area contributed by atoms with Crippen LogP contribution in [-0.2, 0) is 45.2 Å². The highest BCUT2D eigenvalue weighted by atomic mass is 33.1. The first-order valence-electron chi connectivity index (χ1n) is 27.3. The molecule has 5 aromatic carbocycles. The van der Waals surface area contributed by atoms with E-state index < -0.39 is 0 Å². The average molecular weight is 1160 g/mol. The number of nitrogens with zero attached hydrogens (tertiary/aromatic N) is 5. The minimum atomic E-state index is -0.342. The molecule has 3 atom stereocenters. The molecule has 5 aliphatic heterocycles. The highest BCUT2D eigenvalue weighted by Gasteiger charge is 2.42. The summed E-state index contributed by atoms with van der Waals surface area (Å²) < 4.78 is 24.7. The Morgan fingerprint density at radius 1 is 0.667 bits per heavy atom. The Morgan fingerprint density at radius 3 is 1.73 bits per heavy atom. The van der Waals surface area contributed by atoms with Crippen molar-refractivity contribution < 1.29 is 47.7 Å². The number of likely N-dealkylation sites (tertiary alicyclic amines) is 1. The van der Waals surface area contributed by atoms with Crippen molar-refractivity contribution >= 4 is 97.2 Å². The highest BCUT2D eigenvalue weighted by molar-refractivity contribution is 8.77. The summed E-state index contributed by atoms with van der Waals surface area (Å²) >= 11 is 1.37. The van der Waals surface area contributed by atoms with Gasteiger partial charge in [-0.15, -0.1) is 0 Å². The quantitative estimate of drug-likeness (QED) is 0.0380. The van der Waals surface area contributed by atoms with Crippen molar-refractivity contribution in [2.75, 3.05) is 91.4 Å². The Balaban J connectivity index is 0.813. The van der Waals surface area contributed by atoms with E-state index in [0.29, 0.717) is 72.2 Å². The fourth-order valence-electron chi connectivity index (χ4n) is 11.4. The summed E-state index contributed by atoms with van der Waals surface area (Å²) in [5.41, 5.74) is 8.72. The van der Waals surface area contributed by atoms with Crippen LogP contribution in [0.3, 0.4) is 0 Å². The van der Waals surface area contributed by atoms with E-state index in [1.807, 2.05) is 96.9 Å². The smallest absolute Gasteiger partial charge is 0.260 e. The molecule has 6 amide bonds. The molecule has 5 heterocycles. The van der Waals surface area contributed by atoms with Crippen molar-refractivity contribution in [2.24, 2.45) is 0 Å². The molecule has 1 saturated heterocycles. The molecule has 0 aliphatic carbocycles. The van der Waals surface area contributed by atoms with Crippen molar-refractivity contribution in [3.63, 3.8) is 0 Å². The van der Waals surface area contributed by atoms with Crippen molar-refractivity contribution in [1.29, 1.82) is 0 Å². The maximum absolute atomic E-state index is 14.3. The number of benzene rings is 5. The molecule has 1 fully saturated rings. The molecule has 1 unspecified atom stereocenters. The van der Waals surface area contributed by atoms with E-state index >= 15 is 0 Å². The number of imide groups is 1. The SMILES string of the molecule is COc1cc2c(cc1OCc1cc(COc3cc4c(cc3OC)C(=O)N3c5ccccc5C[C@H]3CN4C)cc(NC(=O)CCC(C)(C)SSCCCC(=O)NCCN3C(=O)CC(SC)C3=O)c1)N(C)C[C@@H]1Cc3ccccc3N1C2=O. The number of ether oxygens (including phenoxy) is 4. The van der Waals surface area contributed by atoms with Crippen LogP contribution >= 0.6 is 33.3 Å². The summed E-state index contributed by atoms with van der Waals surface area (Å²) in [6, 6.07) is 29.0. The van der Waals surface area contributed by atoms with Gasteiger partial charge in [-0.2, -0.15) is 11.8 Å². The lowest BCUT2D eigenvalue weighted by Gasteiger charge is -2.25. The van der Waals surface area contributed by atoms with Gasteiger partial charge in [0.1, 0.15) is 13.2 Å². The first-order chi connectivity index (χ1) is 39.0. The molecule has 426 valence electrons. The first kappa shape index (κ1) is 57.2. The van der Waals surface area contributed by atoms with Gasteiger partial charge in [-0.3, -0.25) is 33.7 Å². The summed E-state index contributed by atoms with van der Waals surface area (Å²) in [6.45, 7) is 6.03. The molecule has 0 spiro atoms. The number of thioether (sulfide) groups is 1. The van der Waals surface area contributed by atoms with Crippen LogP contribution in [0.2, 0.25) is 0 Å². The number of carbonyl (C=O) groups excluding carboxylic acids is 6. The van der Waals surface area contributed by atoms with Crippen molar-refractivity contribution in [3.05, 3.63) is 124 Å². The molecule has 2 N–H and O–H groups in total. The van der Waals surface area contributed by atoms with E-state index in [4.69, 9.17) is 18.9 Å². The number of carbonyl (C=O) groups is 6. The standard InChI is InChI=1S/C61H69N7O10S3/c1-61(2,81-80-22-12-17-55(69)62-20-21-66-57(71)32-54(79-7)60(66)74)19-18-56(70)63-41-24-37(35-77-52-30-48-44(28-50(52)75-5)58(72)67-42(33-64(48)3)26-39-13-8-10-15-46(39)67)23-38(25-41)36-78-53-31-49-45(29-51(53)76-6)59(73)68-43(34-65(49)4)27-40-14-9-11-16-47(40)68/h8-11,13-16,23-25,28-31,42-43,54H,12,17-22,26-27,32-36H2,1-7H3,(H,62,69)(H,63,70)/t42-,43-,54?/m0/s1. The second-order valence-electron chi connectivity index (χ2n) is 21.7. The average Bonchev–Trinajstić information content (AvgIpc) is 4.27. The zero-order chi connectivity index (χ0) is 57.1. The Morgan fingerprint density at radius 2 is 1.21 bits per heavy atom. The Labute approximate surface area is 485 Å². The fourth-order valence-corrected chi connectivity index (χ4v) is 14.7. The van der Waals surface area contributed by atoms with Crippen LogP contribution in [-0.4, -0.2) is 129 Å². The molecule has 81 heavy (non-hydrogen) atoms. The lowest BCUT2D eigenvalue weighted by Crippen LogP contribution is -2.41. The van der Waals surface area contributed by atoms with Crippen molar-refractivity contribution in [2.45, 2.75) is 94.1 Å². The summed E-state index contributed by atoms with van der Waals surface area (Å²) in [5, 5.41) is 5.63. The molecule has 0 saturated carbocycles. The molecule has 20 heteroatoms. The first-order valence-corrected chi connectivity index (χ1v) is 31.0. The predicted octanol–water partition coefficient (Wildman–Crippen LogP) is 9.17. The summed E-state index contributed by atoms with van der Waals surface area (Å²) in [5.74, 6) is 1.60. The predicted molar refractivity (Wildman–Crippen MR) is 322 cm³/mol. The number of fused-ring (bicyclic) bond motifs is 8. The second-order valence-corrected chi connectivity index (χ2v) is 25.9. The van der Waals surface area contributed by atoms with Crippen LogP contribution in [0, 0.1) is 0 Å². The molecule has 5 aromatic rings. The third-order valence-electron chi connectivity index (χ3n) is 15.5. The van der Waals surface area contributed by atoms with Crippen LogP contribution in [0.15, 0.2) is 91.0 Å². The van der Waals surface area contributed by atoms with Gasteiger partial charge in [0.05, 0.1) is 54.1 Å².